The molecule has 1 atom stereocenters. The number of amides is 1. The van der Waals surface area contributed by atoms with Gasteiger partial charge in [0.05, 0.1) is 11.5 Å². The zero-order valence-electron chi connectivity index (χ0n) is 17.5. The van der Waals surface area contributed by atoms with Crippen molar-refractivity contribution in [3.63, 3.8) is 0 Å². The van der Waals surface area contributed by atoms with E-state index in [0.29, 0.717) is 19.5 Å². The monoisotopic (exact) mass is 428 g/mol. The van der Waals surface area contributed by atoms with E-state index >= 15 is 0 Å². The molecule has 162 valence electrons. The number of benzene rings is 3. The molecule has 3 aromatic carbocycles. The second kappa shape index (κ2) is 11.9. The summed E-state index contributed by atoms with van der Waals surface area (Å²) in [4.78, 5) is 32.0. The maximum Gasteiger partial charge on any atom is 0.269 e. The standard InChI is InChI=1S/C25H24N4O3/c30-25(27-16-15-26-18-21-7-3-1-4-8-21)24(28-19-22-9-5-2-6-10-22)17-20-11-13-23(14-12-20)29(31)32/h1-14,18-19,24H,15-17H2,(H,27,30). The van der Waals surface area contributed by atoms with Gasteiger partial charge in [0.15, 0.2) is 0 Å². The fourth-order valence-electron chi connectivity index (χ4n) is 2.98. The van der Waals surface area contributed by atoms with E-state index in [4.69, 9.17) is 0 Å². The molecule has 1 N–H and O–H groups in total. The molecule has 3 aromatic rings. The fourth-order valence-corrected chi connectivity index (χ4v) is 2.98. The average Bonchev–Trinajstić information content (AvgIpc) is 2.83. The molecule has 0 fully saturated rings. The number of carbonyl (C=O) groups is 1. The number of non-ortho nitro benzene ring substituents is 1. The van der Waals surface area contributed by atoms with Crippen LogP contribution in [0, 0.1) is 10.1 Å². The molecule has 7 heteroatoms. The highest BCUT2D eigenvalue weighted by molar-refractivity contribution is 5.87. The molecule has 0 aliphatic heterocycles. The fraction of sp³-hybridized carbons (Fsp3) is 0.160. The van der Waals surface area contributed by atoms with E-state index in [-0.39, 0.29) is 11.6 Å². The Morgan fingerprint density at radius 1 is 0.906 bits per heavy atom. The van der Waals surface area contributed by atoms with Gasteiger partial charge < -0.3 is 5.32 Å². The summed E-state index contributed by atoms with van der Waals surface area (Å²) >= 11 is 0. The number of hydrogen-bond donors (Lipinski definition) is 1. The molecule has 32 heavy (non-hydrogen) atoms. The van der Waals surface area contributed by atoms with Crippen LogP contribution in [-0.4, -0.2) is 42.4 Å². The van der Waals surface area contributed by atoms with Crippen LogP contribution < -0.4 is 5.32 Å². The van der Waals surface area contributed by atoms with Gasteiger partial charge >= 0.3 is 0 Å². The molecule has 0 radical (unpaired) electrons. The van der Waals surface area contributed by atoms with Crippen LogP contribution in [0.1, 0.15) is 16.7 Å². The largest absolute Gasteiger partial charge is 0.352 e. The third-order valence-corrected chi connectivity index (χ3v) is 4.66. The SMILES string of the molecule is O=C(NCCN=Cc1ccccc1)C(Cc1ccc([N+](=O)[O-])cc1)N=Cc1ccccc1. The molecular weight excluding hydrogens is 404 g/mol. The maximum absolute atomic E-state index is 12.8. The number of hydrogen-bond acceptors (Lipinski definition) is 5. The number of nitro benzene ring substituents is 1. The first-order chi connectivity index (χ1) is 15.6. The minimum atomic E-state index is -0.658. The van der Waals surface area contributed by atoms with Gasteiger partial charge in [0.25, 0.3) is 5.69 Å². The lowest BCUT2D eigenvalue weighted by atomic mass is 10.1. The summed E-state index contributed by atoms with van der Waals surface area (Å²) in [6.45, 7) is 0.840. The average molecular weight is 428 g/mol. The highest BCUT2D eigenvalue weighted by Crippen LogP contribution is 2.14. The van der Waals surface area contributed by atoms with Crippen molar-refractivity contribution in [1.29, 1.82) is 0 Å². The Kier molecular flexibility index (Phi) is 8.39. The molecule has 0 heterocycles. The van der Waals surface area contributed by atoms with E-state index in [2.05, 4.69) is 15.3 Å². The number of rotatable bonds is 10. The quantitative estimate of drug-likeness (QED) is 0.230. The van der Waals surface area contributed by atoms with Gasteiger partial charge in [-0.15, -0.1) is 0 Å². The van der Waals surface area contributed by atoms with E-state index in [1.54, 1.807) is 24.6 Å². The van der Waals surface area contributed by atoms with E-state index < -0.39 is 11.0 Å². The van der Waals surface area contributed by atoms with Gasteiger partial charge in [-0.25, -0.2) is 0 Å². The molecule has 0 saturated heterocycles. The highest BCUT2D eigenvalue weighted by Gasteiger charge is 2.17. The Morgan fingerprint density at radius 2 is 1.50 bits per heavy atom. The summed E-state index contributed by atoms with van der Waals surface area (Å²) in [6, 6.07) is 24.8. The van der Waals surface area contributed by atoms with Gasteiger partial charge in [0.1, 0.15) is 6.04 Å². The Balaban J connectivity index is 1.62. The van der Waals surface area contributed by atoms with E-state index in [0.717, 1.165) is 16.7 Å². The normalized spacial score (nSPS) is 12.1. The minimum Gasteiger partial charge on any atom is -0.352 e. The van der Waals surface area contributed by atoms with Gasteiger partial charge in [0.2, 0.25) is 5.91 Å². The first-order valence-corrected chi connectivity index (χ1v) is 10.3. The van der Waals surface area contributed by atoms with Crippen LogP contribution >= 0.6 is 0 Å². The number of carbonyl (C=O) groups excluding carboxylic acids is 1. The van der Waals surface area contributed by atoms with Crippen LogP contribution in [0.2, 0.25) is 0 Å². The number of nitrogens with zero attached hydrogens (tertiary/aromatic N) is 3. The van der Waals surface area contributed by atoms with E-state index in [1.807, 2.05) is 60.7 Å². The molecule has 1 amide bonds. The first-order valence-electron chi connectivity index (χ1n) is 10.3. The maximum atomic E-state index is 12.8. The molecule has 0 aliphatic carbocycles. The van der Waals surface area contributed by atoms with Gasteiger partial charge in [0, 0.05) is 37.5 Å². The minimum absolute atomic E-state index is 0.0128. The Morgan fingerprint density at radius 3 is 2.09 bits per heavy atom. The van der Waals surface area contributed by atoms with Crippen LogP contribution in [-0.2, 0) is 11.2 Å². The predicted molar refractivity (Wildman–Crippen MR) is 127 cm³/mol. The lowest BCUT2D eigenvalue weighted by Gasteiger charge is -2.13. The van der Waals surface area contributed by atoms with Crippen molar-refractivity contribution in [3.05, 3.63) is 112 Å². The van der Waals surface area contributed by atoms with Crippen molar-refractivity contribution in [2.45, 2.75) is 12.5 Å². The molecule has 0 bridgehead atoms. The Hall–Kier alpha value is -4.13. The van der Waals surface area contributed by atoms with Crippen molar-refractivity contribution >= 4 is 24.0 Å². The van der Waals surface area contributed by atoms with E-state index in [9.17, 15) is 14.9 Å². The summed E-state index contributed by atoms with van der Waals surface area (Å²) in [5.41, 5.74) is 2.70. The van der Waals surface area contributed by atoms with Crippen molar-refractivity contribution in [2.24, 2.45) is 9.98 Å². The van der Waals surface area contributed by atoms with Gasteiger partial charge in [-0.2, -0.15) is 0 Å². The second-order valence-corrected chi connectivity index (χ2v) is 7.07. The second-order valence-electron chi connectivity index (χ2n) is 7.07. The summed E-state index contributed by atoms with van der Waals surface area (Å²) in [7, 11) is 0. The predicted octanol–water partition coefficient (Wildman–Crippen LogP) is 3.86. The molecule has 1 unspecified atom stereocenters. The van der Waals surface area contributed by atoms with Crippen LogP contribution in [0.5, 0.6) is 0 Å². The van der Waals surface area contributed by atoms with Crippen molar-refractivity contribution in [2.75, 3.05) is 13.1 Å². The molecule has 0 aliphatic rings. The van der Waals surface area contributed by atoms with E-state index in [1.165, 1.54) is 12.1 Å². The lowest BCUT2D eigenvalue weighted by Crippen LogP contribution is -2.36. The summed E-state index contributed by atoms with van der Waals surface area (Å²) in [5.74, 6) is -0.217. The molecule has 0 spiro atoms. The third-order valence-electron chi connectivity index (χ3n) is 4.66. The third kappa shape index (κ3) is 7.28. The van der Waals surface area contributed by atoms with Crippen LogP contribution in [0.15, 0.2) is 94.9 Å². The van der Waals surface area contributed by atoms with Gasteiger partial charge in [-0.05, 0) is 16.7 Å². The zero-order valence-corrected chi connectivity index (χ0v) is 17.5. The zero-order chi connectivity index (χ0) is 22.6. The van der Waals surface area contributed by atoms with Gasteiger partial charge in [-0.1, -0.05) is 72.8 Å². The summed E-state index contributed by atoms with van der Waals surface area (Å²) in [5, 5.41) is 13.8. The molecule has 7 nitrogen and oxygen atoms in total. The van der Waals surface area contributed by atoms with Crippen LogP contribution in [0.4, 0.5) is 5.69 Å². The van der Waals surface area contributed by atoms with Crippen LogP contribution in [0.3, 0.4) is 0 Å². The number of aliphatic imine (C=N–C) groups is 2. The number of nitro groups is 1. The smallest absolute Gasteiger partial charge is 0.269 e. The van der Waals surface area contributed by atoms with Crippen molar-refractivity contribution in [3.8, 4) is 0 Å². The first kappa shape index (κ1) is 22.6. The highest BCUT2D eigenvalue weighted by atomic mass is 16.6. The Labute approximate surface area is 186 Å². The molecular formula is C25H24N4O3. The summed E-state index contributed by atoms with van der Waals surface area (Å²) in [6.07, 6.45) is 3.78. The van der Waals surface area contributed by atoms with Crippen LogP contribution in [0.25, 0.3) is 0 Å². The molecule has 3 rings (SSSR count). The lowest BCUT2D eigenvalue weighted by molar-refractivity contribution is -0.384. The molecule has 0 aromatic heterocycles. The van der Waals surface area contributed by atoms with Gasteiger partial charge in [-0.3, -0.25) is 24.9 Å². The molecule has 0 saturated carbocycles. The van der Waals surface area contributed by atoms with Crippen molar-refractivity contribution < 1.29 is 9.72 Å². The summed E-state index contributed by atoms with van der Waals surface area (Å²) < 4.78 is 0. The topological polar surface area (TPSA) is 97.0 Å². The van der Waals surface area contributed by atoms with Crippen molar-refractivity contribution in [1.82, 2.24) is 5.32 Å². The Bertz CT molecular complexity index is 1070. The number of nitrogens with one attached hydrogen (secondary N) is 1.